The number of hydrogen-bond donors (Lipinski definition) is 0. The monoisotopic (exact) mass is 585 g/mol. The molecule has 0 amide bonds. The van der Waals surface area contributed by atoms with Crippen LogP contribution in [-0.4, -0.2) is 68.6 Å². The van der Waals surface area contributed by atoms with Crippen LogP contribution in [-0.2, 0) is 33.3 Å². The van der Waals surface area contributed by atoms with Gasteiger partial charge in [0.25, 0.3) is 0 Å². The zero-order valence-electron chi connectivity index (χ0n) is 26.6. The quantitative estimate of drug-likeness (QED) is 0.150. The van der Waals surface area contributed by atoms with E-state index in [2.05, 4.69) is 38.3 Å². The van der Waals surface area contributed by atoms with E-state index < -0.39 is 46.7 Å². The van der Waals surface area contributed by atoms with Crippen molar-refractivity contribution >= 4 is 18.2 Å². The molecule has 0 N–H and O–H groups in total. The third kappa shape index (κ3) is 4.54. The Hall–Kier alpha value is -2.03. The van der Waals surface area contributed by atoms with Crippen LogP contribution in [0, 0.1) is 51.2 Å². The summed E-state index contributed by atoms with van der Waals surface area (Å²) in [5.74, 6) is 0.0313. The average Bonchev–Trinajstić information content (AvgIpc) is 3.48. The number of hydrogen-bond acceptors (Lipinski definition) is 8. The molecule has 1 aliphatic heterocycles. The number of carbonyl (C=O) groups excluding carboxylic acids is 3. The van der Waals surface area contributed by atoms with Gasteiger partial charge in [0.1, 0.15) is 11.7 Å². The van der Waals surface area contributed by atoms with E-state index in [4.69, 9.17) is 18.9 Å². The van der Waals surface area contributed by atoms with Crippen LogP contribution in [0.3, 0.4) is 0 Å². The molecule has 3 saturated carbocycles. The fraction of sp³-hybridized carbons (Fsp3) is 0.794. The first-order chi connectivity index (χ1) is 19.8. The average molecular weight is 586 g/mol. The Labute approximate surface area is 251 Å². The van der Waals surface area contributed by atoms with Gasteiger partial charge in [-0.2, -0.15) is 0 Å². The van der Waals surface area contributed by atoms with Crippen molar-refractivity contribution in [1.29, 1.82) is 0 Å². The van der Waals surface area contributed by atoms with Crippen LogP contribution in [0.4, 0.5) is 0 Å². The molecular formula is C34H51NO7. The summed E-state index contributed by atoms with van der Waals surface area (Å²) >= 11 is 0. The van der Waals surface area contributed by atoms with E-state index in [-0.39, 0.29) is 23.9 Å². The van der Waals surface area contributed by atoms with Gasteiger partial charge in [-0.15, -0.1) is 6.58 Å². The van der Waals surface area contributed by atoms with Crippen molar-refractivity contribution < 1.29 is 33.3 Å². The maximum atomic E-state index is 14.7. The maximum Gasteiger partial charge on any atom is 0.320 e. The number of morpholine rings is 1. The molecule has 1 heterocycles. The zero-order valence-corrected chi connectivity index (χ0v) is 26.6. The molecule has 2 unspecified atom stereocenters. The van der Waals surface area contributed by atoms with Crippen LogP contribution in [0.5, 0.6) is 0 Å². The van der Waals surface area contributed by atoms with Gasteiger partial charge >= 0.3 is 11.9 Å². The molecule has 5 aliphatic rings. The molecule has 1 saturated heterocycles. The molecule has 0 aromatic heterocycles. The minimum atomic E-state index is -1.18. The van der Waals surface area contributed by atoms with Crippen molar-refractivity contribution in [3.8, 4) is 0 Å². The summed E-state index contributed by atoms with van der Waals surface area (Å²) in [6.07, 6.45) is 8.19. The van der Waals surface area contributed by atoms with Crippen LogP contribution in [0.15, 0.2) is 24.3 Å². The smallest absolute Gasteiger partial charge is 0.320 e. The number of carbonyl (C=O) groups is 3. The Bertz CT molecular complexity index is 1130. The lowest BCUT2D eigenvalue weighted by molar-refractivity contribution is -0.238. The number of rotatable bonds is 10. The number of fused-ring (bicyclic) bond motifs is 2. The molecule has 8 nitrogen and oxygen atoms in total. The lowest BCUT2D eigenvalue weighted by atomic mass is 9.43. The first-order valence-corrected chi connectivity index (χ1v) is 15.9. The highest BCUT2D eigenvalue weighted by Crippen LogP contribution is 2.82. The summed E-state index contributed by atoms with van der Waals surface area (Å²) in [4.78, 5) is 43.1. The number of esters is 2. The molecule has 0 radical (unpaired) electrons. The summed E-state index contributed by atoms with van der Waals surface area (Å²) < 4.78 is 24.3. The molecule has 42 heavy (non-hydrogen) atoms. The first-order valence-electron chi connectivity index (χ1n) is 15.9. The fourth-order valence-corrected chi connectivity index (χ4v) is 9.73. The largest absolute Gasteiger partial charge is 0.427 e. The van der Waals surface area contributed by atoms with E-state index in [0.717, 1.165) is 44.2 Å². The van der Waals surface area contributed by atoms with Crippen molar-refractivity contribution in [3.05, 3.63) is 24.3 Å². The zero-order chi connectivity index (χ0) is 30.7. The highest BCUT2D eigenvalue weighted by Gasteiger charge is 2.84. The summed E-state index contributed by atoms with van der Waals surface area (Å²) in [6, 6.07) is 0. The van der Waals surface area contributed by atoms with Crippen LogP contribution >= 0.6 is 0 Å². The van der Waals surface area contributed by atoms with Crippen LogP contribution in [0.2, 0.25) is 0 Å². The minimum absolute atomic E-state index is 0.00179. The molecule has 5 rings (SSSR count). The molecule has 4 bridgehead atoms. The highest BCUT2D eigenvalue weighted by atomic mass is 16.7. The molecule has 8 heteroatoms. The van der Waals surface area contributed by atoms with E-state index in [0.29, 0.717) is 31.4 Å². The topological polar surface area (TPSA) is 91.4 Å². The van der Waals surface area contributed by atoms with Crippen molar-refractivity contribution in [1.82, 2.24) is 4.90 Å². The van der Waals surface area contributed by atoms with Gasteiger partial charge in [0.15, 0.2) is 6.29 Å². The minimum Gasteiger partial charge on any atom is -0.427 e. The predicted octanol–water partition coefficient (Wildman–Crippen LogP) is 5.17. The van der Waals surface area contributed by atoms with Gasteiger partial charge < -0.3 is 23.7 Å². The Morgan fingerprint density at radius 3 is 2.55 bits per heavy atom. The predicted molar refractivity (Wildman–Crippen MR) is 158 cm³/mol. The highest BCUT2D eigenvalue weighted by molar-refractivity contribution is 5.91. The Morgan fingerprint density at radius 1 is 1.17 bits per heavy atom. The second-order valence-electron chi connectivity index (χ2n) is 15.1. The van der Waals surface area contributed by atoms with Crippen LogP contribution in [0.1, 0.15) is 74.1 Å². The number of allylic oxidation sites excluding steroid dienone is 1. The van der Waals surface area contributed by atoms with Crippen molar-refractivity contribution in [2.75, 3.05) is 33.0 Å². The normalized spacial score (nSPS) is 40.9. The lowest BCUT2D eigenvalue weighted by Gasteiger charge is -2.59. The van der Waals surface area contributed by atoms with Crippen molar-refractivity contribution in [3.63, 3.8) is 0 Å². The molecule has 0 spiro atoms. The van der Waals surface area contributed by atoms with E-state index in [1.807, 2.05) is 13.0 Å². The molecule has 234 valence electrons. The van der Waals surface area contributed by atoms with E-state index >= 15 is 0 Å². The van der Waals surface area contributed by atoms with Crippen molar-refractivity contribution in [2.24, 2.45) is 51.2 Å². The number of nitrogens with zero attached hydrogens (tertiary/aromatic N) is 1. The Kier molecular flexibility index (Phi) is 8.34. The van der Waals surface area contributed by atoms with E-state index in [9.17, 15) is 14.4 Å². The third-order valence-corrected chi connectivity index (χ3v) is 11.3. The van der Waals surface area contributed by atoms with Gasteiger partial charge in [-0.1, -0.05) is 44.9 Å². The van der Waals surface area contributed by atoms with Crippen molar-refractivity contribution in [2.45, 2.75) is 86.5 Å². The van der Waals surface area contributed by atoms with Crippen LogP contribution < -0.4 is 0 Å². The molecule has 4 aliphatic carbocycles. The van der Waals surface area contributed by atoms with Gasteiger partial charge in [-0.05, 0) is 76.5 Å². The second kappa shape index (κ2) is 11.2. The summed E-state index contributed by atoms with van der Waals surface area (Å²) in [7, 11) is 0. The lowest BCUT2D eigenvalue weighted by Crippen LogP contribution is -2.64. The van der Waals surface area contributed by atoms with E-state index in [1.165, 1.54) is 0 Å². The summed E-state index contributed by atoms with van der Waals surface area (Å²) in [5.41, 5.74) is -2.46. The van der Waals surface area contributed by atoms with Gasteiger partial charge in [0.2, 0.25) is 6.79 Å². The Morgan fingerprint density at radius 2 is 1.90 bits per heavy atom. The van der Waals surface area contributed by atoms with Crippen LogP contribution in [0.25, 0.3) is 0 Å². The third-order valence-electron chi connectivity index (χ3n) is 11.3. The fourth-order valence-electron chi connectivity index (χ4n) is 9.73. The molecule has 0 aromatic rings. The number of aldehydes is 1. The first kappa shape index (κ1) is 31.4. The maximum absolute atomic E-state index is 14.7. The van der Waals surface area contributed by atoms with Gasteiger partial charge in [0, 0.05) is 25.0 Å². The molecule has 0 aromatic carbocycles. The standard InChI is InChI=1S/C34H51NO7/c1-9-12-35-16-23(5)42-28(17-35)39-19-33-15-25-22(4)10-11-26(25)32(18-36)14-24(33)13-27(21(2)3)34(32,33)30(38)41-20-40-29(37)31(6,7)8/h9,13,18,21-26,28H,1,10-12,14-17,19-20H2,2-8H3/t22-,23-,24-,25-,26-,28-,32?,33?,34+/m1/s1. The molecule has 4 fully saturated rings. The second-order valence-corrected chi connectivity index (χ2v) is 15.1. The summed E-state index contributed by atoms with van der Waals surface area (Å²) in [6.45, 7) is 19.7. The summed E-state index contributed by atoms with van der Waals surface area (Å²) in [5, 5.41) is 0. The van der Waals surface area contributed by atoms with Gasteiger partial charge in [-0.3, -0.25) is 14.5 Å². The Balaban J connectivity index is 1.54. The number of ether oxygens (including phenoxy) is 4. The van der Waals surface area contributed by atoms with E-state index in [1.54, 1.807) is 20.8 Å². The SMILES string of the molecule is C=CCN1C[C@H](OCC23C[C@@H]4[C@H](C)CC[C@H]4C4(C=O)C[C@H]2C=C(C(C)C)[C@]43C(=O)OCOC(=O)C(C)(C)C)O[C@H](C)C1. The van der Waals surface area contributed by atoms with Gasteiger partial charge in [0.05, 0.1) is 23.5 Å². The van der Waals surface area contributed by atoms with Gasteiger partial charge in [-0.25, -0.2) is 0 Å². The molecule has 9 atom stereocenters. The molecular weight excluding hydrogens is 534 g/mol.